The molecule has 0 unspecified atom stereocenters. The highest BCUT2D eigenvalue weighted by molar-refractivity contribution is 7.89. The number of rotatable bonds is 5. The molecule has 0 spiro atoms. The summed E-state index contributed by atoms with van der Waals surface area (Å²) in [6, 6.07) is 4.02. The second-order valence-corrected chi connectivity index (χ2v) is 7.11. The van der Waals surface area contributed by atoms with E-state index in [9.17, 15) is 18.0 Å². The predicted molar refractivity (Wildman–Crippen MR) is 81.8 cm³/mol. The van der Waals surface area contributed by atoms with Crippen LogP contribution in [0.15, 0.2) is 23.1 Å². The lowest BCUT2D eigenvalue weighted by Crippen LogP contribution is -2.41. The molecule has 0 saturated carbocycles. The van der Waals surface area contributed by atoms with Gasteiger partial charge in [0.05, 0.1) is 29.4 Å². The fraction of sp³-hybridized carbons (Fsp3) is 0.429. The molecule has 1 amide bonds. The van der Waals surface area contributed by atoms with Crippen LogP contribution in [0.2, 0.25) is 0 Å². The zero-order valence-corrected chi connectivity index (χ0v) is 13.2. The number of morpholine rings is 1. The normalized spacial score (nSPS) is 18.8. The number of carbonyl (C=O) groups excluding carboxylic acids is 2. The Hall–Kier alpha value is -1.81. The smallest absolute Gasteiger partial charge is 0.296 e. The minimum Gasteiger partial charge on any atom is -0.379 e. The summed E-state index contributed by atoms with van der Waals surface area (Å²) in [6.07, 6.45) is 0. The number of carbonyl (C=O) groups is 2. The van der Waals surface area contributed by atoms with Crippen molar-refractivity contribution in [1.29, 1.82) is 0 Å². The maximum absolute atomic E-state index is 12.3. The van der Waals surface area contributed by atoms with Crippen molar-refractivity contribution < 1.29 is 22.7 Å². The summed E-state index contributed by atoms with van der Waals surface area (Å²) in [4.78, 5) is 25.0. The number of Topliss-reactive ketones (excluding diaryl/α,β-unsaturated/α-hetero) is 1. The molecule has 8 nitrogen and oxygen atoms in total. The van der Waals surface area contributed by atoms with E-state index in [1.807, 2.05) is 0 Å². The molecule has 2 N–H and O–H groups in total. The second-order valence-electron chi connectivity index (χ2n) is 5.34. The molecule has 124 valence electrons. The van der Waals surface area contributed by atoms with Crippen LogP contribution in [0.1, 0.15) is 10.4 Å². The molecule has 0 atom stereocenters. The van der Waals surface area contributed by atoms with Gasteiger partial charge in [0, 0.05) is 26.2 Å². The van der Waals surface area contributed by atoms with E-state index in [1.165, 1.54) is 18.2 Å². The molecular weight excluding hydrogens is 322 g/mol. The average Bonchev–Trinajstić information content (AvgIpc) is 2.83. The van der Waals surface area contributed by atoms with Crippen LogP contribution in [0.3, 0.4) is 0 Å². The minimum absolute atomic E-state index is 0.0249. The van der Waals surface area contributed by atoms with E-state index < -0.39 is 21.7 Å². The van der Waals surface area contributed by atoms with Gasteiger partial charge >= 0.3 is 0 Å². The van der Waals surface area contributed by atoms with E-state index in [4.69, 9.17) is 4.74 Å². The molecule has 2 aliphatic rings. The standard InChI is InChI=1S/C14H17N3O5S/c18-13-11-9-10(1-2-12(11)16-14(13)19)23(20,21)15-3-4-17-5-7-22-8-6-17/h1-2,9,15H,3-8H2,(H,16,18,19). The van der Waals surface area contributed by atoms with Gasteiger partial charge in [0.1, 0.15) is 0 Å². The Labute approximate surface area is 133 Å². The number of sulfonamides is 1. The largest absolute Gasteiger partial charge is 0.379 e. The predicted octanol–water partition coefficient (Wildman–Crippen LogP) is -0.568. The molecule has 0 radical (unpaired) electrons. The number of nitrogens with zero attached hydrogens (tertiary/aromatic N) is 1. The summed E-state index contributed by atoms with van der Waals surface area (Å²) in [5.74, 6) is -1.46. The monoisotopic (exact) mass is 339 g/mol. The Morgan fingerprint density at radius 3 is 2.70 bits per heavy atom. The molecule has 1 aromatic carbocycles. The lowest BCUT2D eigenvalue weighted by atomic mass is 10.1. The Kier molecular flexibility index (Phi) is 4.44. The van der Waals surface area contributed by atoms with Crippen molar-refractivity contribution in [3.8, 4) is 0 Å². The van der Waals surface area contributed by atoms with E-state index in [1.54, 1.807) is 0 Å². The van der Waals surface area contributed by atoms with Crippen molar-refractivity contribution in [2.75, 3.05) is 44.7 Å². The Morgan fingerprint density at radius 1 is 1.22 bits per heavy atom. The fourth-order valence-corrected chi connectivity index (χ4v) is 3.58. The lowest BCUT2D eigenvalue weighted by molar-refractivity contribution is -0.112. The number of hydrogen-bond acceptors (Lipinski definition) is 6. The number of benzene rings is 1. The molecule has 1 aromatic rings. The quantitative estimate of drug-likeness (QED) is 0.696. The molecule has 0 bridgehead atoms. The van der Waals surface area contributed by atoms with Crippen LogP contribution >= 0.6 is 0 Å². The number of nitrogens with one attached hydrogen (secondary N) is 2. The zero-order chi connectivity index (χ0) is 16.4. The van der Waals surface area contributed by atoms with Crippen LogP contribution < -0.4 is 10.0 Å². The van der Waals surface area contributed by atoms with Gasteiger partial charge in [-0.25, -0.2) is 13.1 Å². The van der Waals surface area contributed by atoms with Gasteiger partial charge in [-0.05, 0) is 18.2 Å². The van der Waals surface area contributed by atoms with Crippen LogP contribution in [-0.4, -0.2) is 64.4 Å². The van der Waals surface area contributed by atoms with E-state index in [0.29, 0.717) is 25.4 Å². The topological polar surface area (TPSA) is 105 Å². The maximum Gasteiger partial charge on any atom is 0.296 e. The molecule has 3 rings (SSSR count). The zero-order valence-electron chi connectivity index (χ0n) is 12.4. The van der Waals surface area contributed by atoms with Crippen molar-refractivity contribution in [3.63, 3.8) is 0 Å². The van der Waals surface area contributed by atoms with Crippen molar-refractivity contribution in [2.45, 2.75) is 4.90 Å². The molecule has 1 fully saturated rings. The maximum atomic E-state index is 12.3. The van der Waals surface area contributed by atoms with Gasteiger partial charge in [0.2, 0.25) is 10.0 Å². The Balaban J connectivity index is 1.66. The number of hydrogen-bond donors (Lipinski definition) is 2. The molecule has 0 aliphatic carbocycles. The summed E-state index contributed by atoms with van der Waals surface area (Å²) >= 11 is 0. The summed E-state index contributed by atoms with van der Waals surface area (Å²) in [7, 11) is -3.72. The van der Waals surface area contributed by atoms with Crippen LogP contribution in [0.25, 0.3) is 0 Å². The highest BCUT2D eigenvalue weighted by Gasteiger charge is 2.29. The van der Waals surface area contributed by atoms with Crippen molar-refractivity contribution >= 4 is 27.4 Å². The SMILES string of the molecule is O=C1Nc2ccc(S(=O)(=O)NCCN3CCOCC3)cc2C1=O. The fourth-order valence-electron chi connectivity index (χ4n) is 2.53. The van der Waals surface area contributed by atoms with Crippen LogP contribution in [-0.2, 0) is 19.6 Å². The van der Waals surface area contributed by atoms with Gasteiger partial charge in [0.25, 0.3) is 11.7 Å². The first-order chi connectivity index (χ1) is 11.0. The third-order valence-electron chi connectivity index (χ3n) is 3.82. The molecule has 2 aliphatic heterocycles. The number of amides is 1. The van der Waals surface area contributed by atoms with Gasteiger partial charge in [0.15, 0.2) is 0 Å². The Bertz CT molecular complexity index is 741. The molecule has 0 aromatic heterocycles. The number of ether oxygens (including phenoxy) is 1. The lowest BCUT2D eigenvalue weighted by Gasteiger charge is -2.26. The van der Waals surface area contributed by atoms with Gasteiger partial charge < -0.3 is 10.1 Å². The highest BCUT2D eigenvalue weighted by atomic mass is 32.2. The molecular formula is C14H17N3O5S. The summed E-state index contributed by atoms with van der Waals surface area (Å²) < 4.78 is 32.3. The van der Waals surface area contributed by atoms with E-state index >= 15 is 0 Å². The molecule has 2 heterocycles. The highest BCUT2D eigenvalue weighted by Crippen LogP contribution is 2.25. The number of anilines is 1. The second kappa shape index (κ2) is 6.36. The number of ketones is 1. The third-order valence-corrected chi connectivity index (χ3v) is 5.28. The van der Waals surface area contributed by atoms with Crippen molar-refractivity contribution in [1.82, 2.24) is 9.62 Å². The average molecular weight is 339 g/mol. The first kappa shape index (κ1) is 16.1. The van der Waals surface area contributed by atoms with Gasteiger partial charge in [-0.1, -0.05) is 0 Å². The molecule has 23 heavy (non-hydrogen) atoms. The van der Waals surface area contributed by atoms with Crippen molar-refractivity contribution in [2.24, 2.45) is 0 Å². The van der Waals surface area contributed by atoms with Gasteiger partial charge in [-0.2, -0.15) is 0 Å². The number of fused-ring (bicyclic) bond motifs is 1. The minimum atomic E-state index is -3.72. The van der Waals surface area contributed by atoms with E-state index in [-0.39, 0.29) is 17.0 Å². The van der Waals surface area contributed by atoms with E-state index in [2.05, 4.69) is 14.9 Å². The summed E-state index contributed by atoms with van der Waals surface area (Å²) in [5, 5.41) is 2.39. The van der Waals surface area contributed by atoms with E-state index in [0.717, 1.165) is 13.1 Å². The summed E-state index contributed by atoms with van der Waals surface area (Å²) in [5.41, 5.74) is 0.429. The van der Waals surface area contributed by atoms with Crippen molar-refractivity contribution in [3.05, 3.63) is 23.8 Å². The molecule has 9 heteroatoms. The van der Waals surface area contributed by atoms with Crippen LogP contribution in [0, 0.1) is 0 Å². The van der Waals surface area contributed by atoms with Crippen LogP contribution in [0.4, 0.5) is 5.69 Å². The van der Waals surface area contributed by atoms with Crippen LogP contribution in [0.5, 0.6) is 0 Å². The first-order valence-corrected chi connectivity index (χ1v) is 8.75. The first-order valence-electron chi connectivity index (χ1n) is 7.27. The Morgan fingerprint density at radius 2 is 1.96 bits per heavy atom. The van der Waals surface area contributed by atoms with Gasteiger partial charge in [-0.3, -0.25) is 14.5 Å². The summed E-state index contributed by atoms with van der Waals surface area (Å²) in [6.45, 7) is 3.73. The third kappa shape index (κ3) is 3.42. The molecule has 1 saturated heterocycles. The van der Waals surface area contributed by atoms with Gasteiger partial charge in [-0.15, -0.1) is 0 Å².